The molecule has 0 aliphatic carbocycles. The smallest absolute Gasteiger partial charge is 0.282 e. The van der Waals surface area contributed by atoms with Crippen LogP contribution in [0.1, 0.15) is 12.8 Å². The second-order valence-corrected chi connectivity index (χ2v) is 5.19. The standard InChI is InChI=1S/C10H17N3O2S.ClH/c14-9(7-13-4-5-16-10(13)15)12-8-2-1-3-11-6-8;/h8,11H,1-7H2,(H,12,14);1H/t8-;/m0./s1. The number of hydrogen-bond donors (Lipinski definition) is 2. The van der Waals surface area contributed by atoms with E-state index in [0.29, 0.717) is 6.54 Å². The fraction of sp³-hybridized carbons (Fsp3) is 0.800. The molecule has 0 bridgehead atoms. The Kier molecular flexibility index (Phi) is 6.08. The SMILES string of the molecule is Cl.O=C(CN1CCSC1=O)N[C@H]1CCCNC1. The number of carbonyl (C=O) groups is 2. The third-order valence-electron chi connectivity index (χ3n) is 2.84. The lowest BCUT2D eigenvalue weighted by Crippen LogP contribution is -2.48. The van der Waals surface area contributed by atoms with Gasteiger partial charge in [-0.15, -0.1) is 12.4 Å². The van der Waals surface area contributed by atoms with Crippen LogP contribution in [0.15, 0.2) is 0 Å². The third-order valence-corrected chi connectivity index (χ3v) is 3.73. The first-order valence-corrected chi connectivity index (χ1v) is 6.66. The Morgan fingerprint density at radius 2 is 2.41 bits per heavy atom. The van der Waals surface area contributed by atoms with Crippen molar-refractivity contribution in [2.75, 3.05) is 31.9 Å². The van der Waals surface area contributed by atoms with Crippen molar-refractivity contribution in [1.29, 1.82) is 0 Å². The van der Waals surface area contributed by atoms with Crippen molar-refractivity contribution >= 4 is 35.3 Å². The zero-order valence-electron chi connectivity index (χ0n) is 9.61. The monoisotopic (exact) mass is 279 g/mol. The van der Waals surface area contributed by atoms with Crippen LogP contribution in [-0.4, -0.2) is 54.0 Å². The second kappa shape index (κ2) is 7.08. The molecule has 0 aromatic carbocycles. The summed E-state index contributed by atoms with van der Waals surface area (Å²) in [5, 5.41) is 6.23. The molecule has 98 valence electrons. The molecule has 2 N–H and O–H groups in total. The molecule has 0 radical (unpaired) electrons. The van der Waals surface area contributed by atoms with Crippen LogP contribution in [0.5, 0.6) is 0 Å². The molecule has 0 spiro atoms. The van der Waals surface area contributed by atoms with E-state index in [-0.39, 0.29) is 36.1 Å². The Morgan fingerprint density at radius 1 is 1.59 bits per heavy atom. The third kappa shape index (κ3) is 4.37. The fourth-order valence-electron chi connectivity index (χ4n) is 1.99. The van der Waals surface area contributed by atoms with Crippen LogP contribution < -0.4 is 10.6 Å². The Bertz CT molecular complexity index is 285. The lowest BCUT2D eigenvalue weighted by Gasteiger charge is -2.24. The summed E-state index contributed by atoms with van der Waals surface area (Å²) < 4.78 is 0. The van der Waals surface area contributed by atoms with Gasteiger partial charge in [-0.1, -0.05) is 11.8 Å². The number of nitrogens with zero attached hydrogens (tertiary/aromatic N) is 1. The molecule has 2 aliphatic heterocycles. The van der Waals surface area contributed by atoms with E-state index in [2.05, 4.69) is 10.6 Å². The maximum atomic E-state index is 11.7. The lowest BCUT2D eigenvalue weighted by atomic mass is 10.1. The molecule has 1 atom stereocenters. The Labute approximate surface area is 111 Å². The summed E-state index contributed by atoms with van der Waals surface area (Å²) in [6.45, 7) is 2.78. The number of carbonyl (C=O) groups excluding carboxylic acids is 2. The summed E-state index contributed by atoms with van der Waals surface area (Å²) >= 11 is 1.29. The minimum absolute atomic E-state index is 0. The van der Waals surface area contributed by atoms with Crippen molar-refractivity contribution in [3.63, 3.8) is 0 Å². The molecular formula is C10H18ClN3O2S. The Morgan fingerprint density at radius 3 is 3.00 bits per heavy atom. The summed E-state index contributed by atoms with van der Waals surface area (Å²) in [6, 6.07) is 0.228. The molecule has 5 nitrogen and oxygen atoms in total. The van der Waals surface area contributed by atoms with Gasteiger partial charge < -0.3 is 15.5 Å². The molecule has 2 aliphatic rings. The first kappa shape index (κ1) is 14.6. The zero-order valence-corrected chi connectivity index (χ0v) is 11.2. The van der Waals surface area contributed by atoms with Gasteiger partial charge in [0.05, 0.1) is 0 Å². The molecule has 2 saturated heterocycles. The largest absolute Gasteiger partial charge is 0.351 e. The minimum Gasteiger partial charge on any atom is -0.351 e. The molecule has 2 fully saturated rings. The lowest BCUT2D eigenvalue weighted by molar-refractivity contribution is -0.122. The summed E-state index contributed by atoms with van der Waals surface area (Å²) in [5.74, 6) is 0.765. The highest BCUT2D eigenvalue weighted by Gasteiger charge is 2.24. The maximum absolute atomic E-state index is 11.7. The van der Waals surface area contributed by atoms with Gasteiger partial charge in [-0.2, -0.15) is 0 Å². The number of hydrogen-bond acceptors (Lipinski definition) is 4. The molecule has 17 heavy (non-hydrogen) atoms. The van der Waals surface area contributed by atoms with E-state index in [9.17, 15) is 9.59 Å². The molecule has 2 amide bonds. The number of halogens is 1. The van der Waals surface area contributed by atoms with Crippen LogP contribution in [0.3, 0.4) is 0 Å². The molecule has 0 aromatic heterocycles. The van der Waals surface area contributed by atoms with Crippen molar-refractivity contribution in [2.45, 2.75) is 18.9 Å². The first-order valence-electron chi connectivity index (χ1n) is 5.67. The molecule has 0 saturated carbocycles. The van der Waals surface area contributed by atoms with Gasteiger partial charge >= 0.3 is 0 Å². The van der Waals surface area contributed by atoms with Gasteiger partial charge in [0.2, 0.25) is 5.91 Å². The predicted octanol–water partition coefficient (Wildman–Crippen LogP) is 0.445. The topological polar surface area (TPSA) is 61.4 Å². The van der Waals surface area contributed by atoms with Gasteiger partial charge in [0.1, 0.15) is 6.54 Å². The average molecular weight is 280 g/mol. The highest BCUT2D eigenvalue weighted by atomic mass is 35.5. The highest BCUT2D eigenvalue weighted by molar-refractivity contribution is 8.13. The average Bonchev–Trinajstić information content (AvgIpc) is 2.66. The Hall–Kier alpha value is -0.460. The van der Waals surface area contributed by atoms with E-state index in [1.54, 1.807) is 4.90 Å². The number of nitrogens with one attached hydrogen (secondary N) is 2. The molecule has 2 rings (SSSR count). The molecular weight excluding hydrogens is 262 g/mol. The van der Waals surface area contributed by atoms with E-state index in [0.717, 1.165) is 31.7 Å². The number of piperidine rings is 1. The summed E-state index contributed by atoms with van der Waals surface area (Å²) in [5.41, 5.74) is 0. The maximum Gasteiger partial charge on any atom is 0.282 e. The van der Waals surface area contributed by atoms with Crippen molar-refractivity contribution < 1.29 is 9.59 Å². The van der Waals surface area contributed by atoms with Crippen molar-refractivity contribution in [3.8, 4) is 0 Å². The van der Waals surface area contributed by atoms with Crippen LogP contribution in [0.25, 0.3) is 0 Å². The van der Waals surface area contributed by atoms with Crippen molar-refractivity contribution in [3.05, 3.63) is 0 Å². The highest BCUT2D eigenvalue weighted by Crippen LogP contribution is 2.16. The van der Waals surface area contributed by atoms with E-state index in [4.69, 9.17) is 0 Å². The van der Waals surface area contributed by atoms with Gasteiger partial charge in [-0.25, -0.2) is 0 Å². The first-order chi connectivity index (χ1) is 7.75. The molecule has 0 unspecified atom stereocenters. The second-order valence-electron chi connectivity index (χ2n) is 4.15. The van der Waals surface area contributed by atoms with E-state index in [1.165, 1.54) is 11.8 Å². The van der Waals surface area contributed by atoms with E-state index >= 15 is 0 Å². The van der Waals surface area contributed by atoms with Crippen LogP contribution in [0.4, 0.5) is 4.79 Å². The fourth-order valence-corrected chi connectivity index (χ4v) is 2.82. The van der Waals surface area contributed by atoms with Crippen LogP contribution in [0, 0.1) is 0 Å². The number of thioether (sulfide) groups is 1. The number of amides is 2. The minimum atomic E-state index is -0.0375. The molecule has 2 heterocycles. The van der Waals surface area contributed by atoms with Crippen molar-refractivity contribution in [2.24, 2.45) is 0 Å². The van der Waals surface area contributed by atoms with Gasteiger partial charge in [0.25, 0.3) is 5.24 Å². The van der Waals surface area contributed by atoms with Crippen LogP contribution >= 0.6 is 24.2 Å². The zero-order chi connectivity index (χ0) is 11.4. The van der Waals surface area contributed by atoms with Crippen LogP contribution in [-0.2, 0) is 4.79 Å². The van der Waals surface area contributed by atoms with E-state index in [1.807, 2.05) is 0 Å². The summed E-state index contributed by atoms with van der Waals surface area (Å²) in [6.07, 6.45) is 2.13. The quantitative estimate of drug-likeness (QED) is 0.787. The van der Waals surface area contributed by atoms with Gasteiger partial charge in [-0.05, 0) is 19.4 Å². The normalized spacial score (nSPS) is 24.4. The summed E-state index contributed by atoms with van der Waals surface area (Å²) in [7, 11) is 0. The van der Waals surface area contributed by atoms with Crippen LogP contribution in [0.2, 0.25) is 0 Å². The molecule has 0 aromatic rings. The predicted molar refractivity (Wildman–Crippen MR) is 70.7 cm³/mol. The Balaban J connectivity index is 0.00000144. The number of rotatable bonds is 3. The van der Waals surface area contributed by atoms with Gasteiger partial charge in [0, 0.05) is 24.9 Å². The van der Waals surface area contributed by atoms with Crippen molar-refractivity contribution in [1.82, 2.24) is 15.5 Å². The van der Waals surface area contributed by atoms with Gasteiger partial charge in [-0.3, -0.25) is 9.59 Å². The van der Waals surface area contributed by atoms with E-state index < -0.39 is 0 Å². The molecule has 7 heteroatoms. The van der Waals surface area contributed by atoms with Gasteiger partial charge in [0.15, 0.2) is 0 Å². The summed E-state index contributed by atoms with van der Waals surface area (Å²) in [4.78, 5) is 24.6.